The fourth-order valence-corrected chi connectivity index (χ4v) is 2.99. The fraction of sp³-hybridized carbons (Fsp3) is 0.609. The molecule has 0 aromatic carbocycles. The van der Waals surface area contributed by atoms with Crippen LogP contribution in [0.25, 0.3) is 0 Å². The number of methoxy groups -OCH3 is 1. The molecule has 2 unspecified atom stereocenters. The number of ether oxygens (including phenoxy) is 3. The van der Waals surface area contributed by atoms with Gasteiger partial charge in [0.15, 0.2) is 23.2 Å². The van der Waals surface area contributed by atoms with Crippen LogP contribution in [-0.2, 0) is 14.3 Å². The molecule has 174 valence electrons. The monoisotopic (exact) mass is 436 g/mol. The summed E-state index contributed by atoms with van der Waals surface area (Å²) in [6, 6.07) is 0.455. The maximum atomic E-state index is 12.4. The van der Waals surface area contributed by atoms with Crippen LogP contribution in [0.1, 0.15) is 64.4 Å². The molecule has 1 aromatic heterocycles. The summed E-state index contributed by atoms with van der Waals surface area (Å²) >= 11 is 0. The number of aromatic hydroxyl groups is 1. The molecule has 0 spiro atoms. The first kappa shape index (κ1) is 26.4. The van der Waals surface area contributed by atoms with Crippen molar-refractivity contribution >= 4 is 11.9 Å². The molecule has 2 rings (SSSR count). The van der Waals surface area contributed by atoms with Crippen LogP contribution in [0.5, 0.6) is 11.5 Å². The molecule has 1 amide bonds. The number of hydrogen-bond acceptors (Lipinski definition) is 7. The lowest BCUT2D eigenvalue weighted by Gasteiger charge is -2.19. The first-order valence-corrected chi connectivity index (χ1v) is 10.6. The van der Waals surface area contributed by atoms with Crippen LogP contribution >= 0.6 is 0 Å². The zero-order valence-electron chi connectivity index (χ0n) is 19.4. The molecule has 1 fully saturated rings. The normalized spacial score (nSPS) is 21.2. The van der Waals surface area contributed by atoms with Crippen molar-refractivity contribution < 1.29 is 28.9 Å². The predicted molar refractivity (Wildman–Crippen MR) is 118 cm³/mol. The fourth-order valence-electron chi connectivity index (χ4n) is 2.99. The highest BCUT2D eigenvalue weighted by molar-refractivity contribution is 5.98. The Bertz CT molecular complexity index is 746. The van der Waals surface area contributed by atoms with E-state index >= 15 is 0 Å². The van der Waals surface area contributed by atoms with Gasteiger partial charge in [0.1, 0.15) is 0 Å². The molecule has 0 bridgehead atoms. The quantitative estimate of drug-likeness (QED) is 0.536. The second-order valence-electron chi connectivity index (χ2n) is 7.78. The largest absolute Gasteiger partial charge is 0.503 e. The number of carbonyl (C=O) groups excluding carboxylic acids is 2. The van der Waals surface area contributed by atoms with Crippen molar-refractivity contribution in [2.75, 3.05) is 20.3 Å². The van der Waals surface area contributed by atoms with Gasteiger partial charge in [0.05, 0.1) is 19.8 Å². The second kappa shape index (κ2) is 13.6. The van der Waals surface area contributed by atoms with Crippen molar-refractivity contribution in [1.29, 1.82) is 0 Å². The summed E-state index contributed by atoms with van der Waals surface area (Å²) in [5.41, 5.74) is 1.15. The van der Waals surface area contributed by atoms with E-state index in [-0.39, 0.29) is 29.9 Å². The molecule has 3 atom stereocenters. The maximum absolute atomic E-state index is 12.4. The number of allylic oxidation sites excluding steroid dienone is 2. The van der Waals surface area contributed by atoms with Gasteiger partial charge in [0, 0.05) is 18.9 Å². The van der Waals surface area contributed by atoms with Crippen molar-refractivity contribution in [3.05, 3.63) is 29.6 Å². The molecular weight excluding hydrogens is 400 g/mol. The molecule has 31 heavy (non-hydrogen) atoms. The number of hydrogen-bond donors (Lipinski definition) is 2. The molecule has 0 radical (unpaired) electrons. The molecule has 8 heteroatoms. The third-order valence-electron chi connectivity index (χ3n) is 4.81. The second-order valence-corrected chi connectivity index (χ2v) is 7.78. The van der Waals surface area contributed by atoms with Gasteiger partial charge in [-0.3, -0.25) is 4.79 Å². The Balaban J connectivity index is 0.000000861. The van der Waals surface area contributed by atoms with Crippen molar-refractivity contribution in [1.82, 2.24) is 10.3 Å². The average Bonchev–Trinajstić information content (AvgIpc) is 2.78. The van der Waals surface area contributed by atoms with E-state index in [9.17, 15) is 14.7 Å². The van der Waals surface area contributed by atoms with Gasteiger partial charge in [-0.25, -0.2) is 9.78 Å². The number of aromatic nitrogens is 1. The smallest absolute Gasteiger partial charge is 0.331 e. The summed E-state index contributed by atoms with van der Waals surface area (Å²) in [5.74, 6) is -1.23. The molecule has 8 nitrogen and oxygen atoms in total. The molecule has 1 aliphatic rings. The minimum atomic E-state index is -0.974. The number of nitrogens with one attached hydrogen (secondary N) is 1. The Hall–Kier alpha value is -2.61. The van der Waals surface area contributed by atoms with Crippen LogP contribution in [0, 0.1) is 5.92 Å². The number of pyridine rings is 1. The summed E-state index contributed by atoms with van der Waals surface area (Å²) < 4.78 is 16.0. The minimum Gasteiger partial charge on any atom is -0.503 e. The molecule has 2 N–H and O–H groups in total. The summed E-state index contributed by atoms with van der Waals surface area (Å²) in [7, 11) is 1.37. The minimum absolute atomic E-state index is 0.00222. The lowest BCUT2D eigenvalue weighted by Crippen LogP contribution is -2.45. The van der Waals surface area contributed by atoms with E-state index in [2.05, 4.69) is 37.1 Å². The van der Waals surface area contributed by atoms with Gasteiger partial charge in [-0.15, -0.1) is 0 Å². The molecule has 2 heterocycles. The van der Waals surface area contributed by atoms with Gasteiger partial charge in [0.25, 0.3) is 5.91 Å². The van der Waals surface area contributed by atoms with Crippen LogP contribution in [0.4, 0.5) is 0 Å². The average molecular weight is 437 g/mol. The maximum Gasteiger partial charge on any atom is 0.331 e. The van der Waals surface area contributed by atoms with E-state index in [1.54, 1.807) is 0 Å². The molecule has 1 aliphatic heterocycles. The molecule has 0 saturated carbocycles. The lowest BCUT2D eigenvalue weighted by molar-refractivity contribution is -0.151. The van der Waals surface area contributed by atoms with Gasteiger partial charge in [-0.1, -0.05) is 25.0 Å². The van der Waals surface area contributed by atoms with Gasteiger partial charge in [0.2, 0.25) is 0 Å². The van der Waals surface area contributed by atoms with Crippen LogP contribution < -0.4 is 10.1 Å². The Labute approximate surface area is 185 Å². The number of nitrogens with zero attached hydrogens (tertiary/aromatic N) is 1. The van der Waals surface area contributed by atoms with E-state index in [4.69, 9.17) is 14.2 Å². The topological polar surface area (TPSA) is 107 Å². The lowest BCUT2D eigenvalue weighted by atomic mass is 9.98. The summed E-state index contributed by atoms with van der Waals surface area (Å²) in [6.07, 6.45) is 5.89. The Morgan fingerprint density at radius 1 is 1.39 bits per heavy atom. The zero-order valence-corrected chi connectivity index (χ0v) is 19.4. The standard InChI is InChI=1S/C18H26N2O6.C5H10/c1-4-5-12-8-11(2)26-18(23)13(10-25-9-12)20-17(22)15-16(21)14(24-3)6-7-19-15;1-4-5(2)3/h6-7,11-13,21H,4-5,8-10H2,1-3H3,(H,20,22);4H,1-3H3/t11?,12?,13-;/m0./s1. The third-order valence-corrected chi connectivity index (χ3v) is 4.81. The highest BCUT2D eigenvalue weighted by Crippen LogP contribution is 2.27. The Kier molecular flexibility index (Phi) is 11.6. The number of esters is 1. The molecule has 1 saturated heterocycles. The van der Waals surface area contributed by atoms with E-state index in [0.29, 0.717) is 12.5 Å². The van der Waals surface area contributed by atoms with E-state index < -0.39 is 17.9 Å². The molecule has 0 aliphatic carbocycles. The first-order valence-electron chi connectivity index (χ1n) is 10.6. The number of amides is 1. The highest BCUT2D eigenvalue weighted by atomic mass is 16.5. The van der Waals surface area contributed by atoms with Crippen LogP contribution in [-0.4, -0.2) is 54.4 Å². The van der Waals surface area contributed by atoms with Crippen molar-refractivity contribution in [3.63, 3.8) is 0 Å². The molecule has 1 aromatic rings. The van der Waals surface area contributed by atoms with Crippen LogP contribution in [0.15, 0.2) is 23.9 Å². The number of rotatable bonds is 5. The summed E-state index contributed by atoms with van der Waals surface area (Å²) in [6.45, 7) is 10.6. The Morgan fingerprint density at radius 3 is 2.65 bits per heavy atom. The van der Waals surface area contributed by atoms with Crippen molar-refractivity contribution in [3.8, 4) is 11.5 Å². The summed E-state index contributed by atoms with van der Waals surface area (Å²) in [4.78, 5) is 28.6. The van der Waals surface area contributed by atoms with Gasteiger partial charge < -0.3 is 24.6 Å². The van der Waals surface area contributed by atoms with Gasteiger partial charge >= 0.3 is 5.97 Å². The van der Waals surface area contributed by atoms with E-state index in [1.165, 1.54) is 24.9 Å². The van der Waals surface area contributed by atoms with E-state index in [0.717, 1.165) is 19.3 Å². The van der Waals surface area contributed by atoms with Crippen LogP contribution in [0.2, 0.25) is 0 Å². The highest BCUT2D eigenvalue weighted by Gasteiger charge is 2.29. The number of cyclic esters (lactones) is 1. The SMILES string of the molecule is CC=C(C)C.CCCC1COC[C@H](NC(=O)c2nccc(OC)c2O)C(=O)OC(C)C1. The molecular formula is C23H36N2O6. The van der Waals surface area contributed by atoms with Crippen molar-refractivity contribution in [2.24, 2.45) is 5.92 Å². The Morgan fingerprint density at radius 2 is 2.06 bits per heavy atom. The van der Waals surface area contributed by atoms with Crippen LogP contribution in [0.3, 0.4) is 0 Å². The first-order chi connectivity index (χ1) is 14.7. The summed E-state index contributed by atoms with van der Waals surface area (Å²) in [5, 5.41) is 12.6. The van der Waals surface area contributed by atoms with Crippen molar-refractivity contribution in [2.45, 2.75) is 66.0 Å². The van der Waals surface area contributed by atoms with Gasteiger partial charge in [-0.05, 0) is 46.5 Å². The zero-order chi connectivity index (χ0) is 23.4. The van der Waals surface area contributed by atoms with E-state index in [1.807, 2.05) is 13.8 Å². The third kappa shape index (κ3) is 8.96. The van der Waals surface area contributed by atoms with Gasteiger partial charge in [-0.2, -0.15) is 0 Å². The predicted octanol–water partition coefficient (Wildman–Crippen LogP) is 3.64. The number of carbonyl (C=O) groups is 2.